The smallest absolute Gasteiger partial charge is 0.369 e. The minimum atomic E-state index is -6.03. The van der Waals surface area contributed by atoms with Crippen LogP contribution in [0.2, 0.25) is 5.02 Å². The molecule has 27 heavy (non-hydrogen) atoms. The molecule has 12 heteroatoms. The number of sulfonamides is 1. The zero-order valence-corrected chi connectivity index (χ0v) is 14.5. The van der Waals surface area contributed by atoms with Crippen molar-refractivity contribution in [3.63, 3.8) is 0 Å². The molecule has 4 nitrogen and oxygen atoms in total. The van der Waals surface area contributed by atoms with Crippen LogP contribution in [-0.2, 0) is 15.6 Å². The molecule has 0 saturated carbocycles. The highest BCUT2D eigenvalue weighted by Gasteiger charge is 2.71. The van der Waals surface area contributed by atoms with E-state index in [4.69, 9.17) is 11.6 Å². The molecule has 0 saturated heterocycles. The van der Waals surface area contributed by atoms with Crippen LogP contribution in [0.3, 0.4) is 0 Å². The van der Waals surface area contributed by atoms with E-state index in [1.54, 1.807) is 0 Å². The Morgan fingerprint density at radius 2 is 1.26 bits per heavy atom. The molecule has 0 radical (unpaired) electrons. The third kappa shape index (κ3) is 4.14. The van der Waals surface area contributed by atoms with Gasteiger partial charge in [0.15, 0.2) is 0 Å². The van der Waals surface area contributed by atoms with Gasteiger partial charge in [0.25, 0.3) is 15.6 Å². The second-order valence-electron chi connectivity index (χ2n) is 5.34. The van der Waals surface area contributed by atoms with Crippen LogP contribution in [0.15, 0.2) is 53.4 Å². The summed E-state index contributed by atoms with van der Waals surface area (Å²) in [5.74, 6) is 0. The first-order valence-electron chi connectivity index (χ1n) is 6.93. The van der Waals surface area contributed by atoms with Crippen LogP contribution in [0.4, 0.5) is 32.0 Å². The quantitative estimate of drug-likeness (QED) is 0.700. The predicted molar refractivity (Wildman–Crippen MR) is 84.7 cm³/mol. The normalized spacial score (nSPS) is 13.5. The van der Waals surface area contributed by atoms with Gasteiger partial charge < -0.3 is 5.11 Å². The Bertz CT molecular complexity index is 895. The van der Waals surface area contributed by atoms with Crippen LogP contribution in [0.1, 0.15) is 5.56 Å². The van der Waals surface area contributed by atoms with Gasteiger partial charge in [-0.2, -0.15) is 26.3 Å². The summed E-state index contributed by atoms with van der Waals surface area (Å²) in [7, 11) is -4.15. The Morgan fingerprint density at radius 1 is 0.815 bits per heavy atom. The molecule has 0 unspecified atom stereocenters. The highest BCUT2D eigenvalue weighted by atomic mass is 35.5. The Balaban J connectivity index is 2.36. The predicted octanol–water partition coefficient (Wildman–Crippen LogP) is 4.45. The summed E-state index contributed by atoms with van der Waals surface area (Å²) < 4.78 is 103. The van der Waals surface area contributed by atoms with Crippen molar-refractivity contribution in [1.29, 1.82) is 0 Å². The first-order valence-corrected chi connectivity index (χ1v) is 8.79. The molecular weight excluding hydrogens is 424 g/mol. The van der Waals surface area contributed by atoms with Gasteiger partial charge in [0.2, 0.25) is 0 Å². The molecule has 0 spiro atoms. The van der Waals surface area contributed by atoms with Crippen molar-refractivity contribution >= 4 is 27.3 Å². The lowest BCUT2D eigenvalue weighted by atomic mass is 9.92. The van der Waals surface area contributed by atoms with E-state index in [1.165, 1.54) is 12.1 Å². The number of hydrogen-bond acceptors (Lipinski definition) is 3. The third-order valence-electron chi connectivity index (χ3n) is 3.50. The molecule has 0 bridgehead atoms. The minimum absolute atomic E-state index is 0.224. The van der Waals surface area contributed by atoms with Crippen molar-refractivity contribution in [2.24, 2.45) is 0 Å². The fourth-order valence-electron chi connectivity index (χ4n) is 2.10. The van der Waals surface area contributed by atoms with E-state index in [-0.39, 0.29) is 15.6 Å². The first kappa shape index (κ1) is 21.3. The number of hydrogen-bond donors (Lipinski definition) is 2. The maximum atomic E-state index is 12.8. The number of alkyl halides is 6. The zero-order chi connectivity index (χ0) is 20.7. The van der Waals surface area contributed by atoms with Crippen LogP contribution in [0.5, 0.6) is 0 Å². The first-order chi connectivity index (χ1) is 12.2. The van der Waals surface area contributed by atoms with E-state index in [2.05, 4.69) is 0 Å². The van der Waals surface area contributed by atoms with Crippen molar-refractivity contribution in [1.82, 2.24) is 0 Å². The van der Waals surface area contributed by atoms with Crippen molar-refractivity contribution in [2.45, 2.75) is 22.8 Å². The molecule has 148 valence electrons. The maximum Gasteiger partial charge on any atom is 0.430 e. The van der Waals surface area contributed by atoms with Gasteiger partial charge in [0.05, 0.1) is 4.90 Å². The Kier molecular flexibility index (Phi) is 5.43. The highest BCUT2D eigenvalue weighted by Crippen LogP contribution is 2.50. The van der Waals surface area contributed by atoms with Gasteiger partial charge >= 0.3 is 12.4 Å². The van der Waals surface area contributed by atoms with Crippen LogP contribution < -0.4 is 4.72 Å². The van der Waals surface area contributed by atoms with Crippen molar-refractivity contribution in [3.05, 3.63) is 59.1 Å². The molecule has 0 aliphatic rings. The van der Waals surface area contributed by atoms with Gasteiger partial charge in [0.1, 0.15) is 0 Å². The van der Waals surface area contributed by atoms with Gasteiger partial charge in [-0.15, -0.1) is 0 Å². The number of benzene rings is 2. The zero-order valence-electron chi connectivity index (χ0n) is 12.9. The number of halogens is 7. The lowest BCUT2D eigenvalue weighted by Crippen LogP contribution is -2.53. The molecule has 2 rings (SSSR count). The summed E-state index contributed by atoms with van der Waals surface area (Å²) in [6.45, 7) is 0. The SMILES string of the molecule is O=S(=O)(Nc1ccc(C(O)(C(F)(F)F)C(F)(F)F)cc1)c1ccc(Cl)cc1. The van der Waals surface area contributed by atoms with Crippen LogP contribution in [0, 0.1) is 0 Å². The van der Waals surface area contributed by atoms with Crippen molar-refractivity contribution < 1.29 is 39.9 Å². The van der Waals surface area contributed by atoms with E-state index in [1.807, 2.05) is 4.72 Å². The van der Waals surface area contributed by atoms with E-state index >= 15 is 0 Å². The minimum Gasteiger partial charge on any atom is -0.369 e. The molecule has 0 amide bonds. The molecule has 0 aliphatic carbocycles. The van der Waals surface area contributed by atoms with E-state index in [0.717, 1.165) is 12.1 Å². The second kappa shape index (κ2) is 6.88. The Labute approximate surface area is 154 Å². The van der Waals surface area contributed by atoms with Crippen molar-refractivity contribution in [3.8, 4) is 0 Å². The van der Waals surface area contributed by atoms with Gasteiger partial charge in [-0.1, -0.05) is 23.7 Å². The Hall–Kier alpha value is -1.98. The fourth-order valence-corrected chi connectivity index (χ4v) is 3.28. The van der Waals surface area contributed by atoms with Crippen LogP contribution in [0.25, 0.3) is 0 Å². The van der Waals surface area contributed by atoms with E-state index in [0.29, 0.717) is 24.3 Å². The van der Waals surface area contributed by atoms with Gasteiger partial charge in [-0.3, -0.25) is 4.72 Å². The van der Waals surface area contributed by atoms with Gasteiger partial charge in [-0.25, -0.2) is 8.42 Å². The summed E-state index contributed by atoms with van der Waals surface area (Å²) in [6, 6.07) is 6.89. The lowest BCUT2D eigenvalue weighted by Gasteiger charge is -2.32. The number of aliphatic hydroxyl groups is 1. The summed E-state index contributed by atoms with van der Waals surface area (Å²) in [4.78, 5) is -0.224. The lowest BCUT2D eigenvalue weighted by molar-refractivity contribution is -0.376. The summed E-state index contributed by atoms with van der Waals surface area (Å²) >= 11 is 5.63. The molecule has 0 aromatic heterocycles. The average Bonchev–Trinajstić information content (AvgIpc) is 2.52. The average molecular weight is 434 g/mol. The maximum absolute atomic E-state index is 12.8. The largest absolute Gasteiger partial charge is 0.430 e. The van der Waals surface area contributed by atoms with Crippen LogP contribution >= 0.6 is 11.6 Å². The third-order valence-corrected chi connectivity index (χ3v) is 5.15. The molecule has 2 aromatic carbocycles. The number of rotatable bonds is 4. The van der Waals surface area contributed by atoms with Gasteiger partial charge in [-0.05, 0) is 36.4 Å². The molecule has 0 fully saturated rings. The second-order valence-corrected chi connectivity index (χ2v) is 7.46. The highest BCUT2D eigenvalue weighted by molar-refractivity contribution is 7.92. The van der Waals surface area contributed by atoms with E-state index in [9.17, 15) is 39.9 Å². The summed E-state index contributed by atoms with van der Waals surface area (Å²) in [5, 5.41) is 9.54. The van der Waals surface area contributed by atoms with Crippen molar-refractivity contribution in [2.75, 3.05) is 4.72 Å². The molecule has 0 aliphatic heterocycles. The topological polar surface area (TPSA) is 66.4 Å². The summed E-state index contributed by atoms with van der Waals surface area (Å²) in [5.41, 5.74) is -6.90. The monoisotopic (exact) mass is 433 g/mol. The fraction of sp³-hybridized carbons (Fsp3) is 0.200. The van der Waals surface area contributed by atoms with E-state index < -0.39 is 33.5 Å². The number of anilines is 1. The molecule has 2 aromatic rings. The van der Waals surface area contributed by atoms with Gasteiger partial charge in [0, 0.05) is 16.3 Å². The molecular formula is C15H10ClF6NO3S. The Morgan fingerprint density at radius 3 is 1.67 bits per heavy atom. The standard InChI is InChI=1S/C15H10ClF6NO3S/c16-10-3-7-12(8-4-10)27(25,26)23-11-5-1-9(2-6-11)13(24,14(17,18)19)15(20,21)22/h1-8,23-24H. The van der Waals surface area contributed by atoms with Crippen LogP contribution in [-0.4, -0.2) is 25.9 Å². The number of nitrogens with one attached hydrogen (secondary N) is 1. The molecule has 0 atom stereocenters. The molecule has 0 heterocycles. The summed E-state index contributed by atoms with van der Waals surface area (Å²) in [6.07, 6.45) is -12.1. The molecule has 2 N–H and O–H groups in total.